The third-order valence-electron chi connectivity index (χ3n) is 6.47. The Morgan fingerprint density at radius 3 is 1.31 bits per heavy atom. The molecule has 0 bridgehead atoms. The number of nitrogens with zero attached hydrogens (tertiary/aromatic N) is 3. The minimum Gasteiger partial charge on any atom is -0.857 e. The zero-order chi connectivity index (χ0) is 49.9. The number of hydrogen-bond acceptors (Lipinski definition) is 11. The van der Waals surface area contributed by atoms with Crippen LogP contribution in [0.3, 0.4) is 0 Å². The molecule has 0 atom stereocenters. The first kappa shape index (κ1) is 68.8. The zero-order valence-electron chi connectivity index (χ0n) is 34.5. The number of hydrogen-bond donors (Lipinski definition) is 3. The number of ether oxygens (including phenoxy) is 4. The summed E-state index contributed by atoms with van der Waals surface area (Å²) in [5.41, 5.74) is -3.35. The van der Waals surface area contributed by atoms with Crippen LogP contribution in [0.4, 0.5) is 4.39 Å². The second kappa shape index (κ2) is 38.3. The topological polar surface area (TPSA) is 187 Å². The summed E-state index contributed by atoms with van der Waals surface area (Å²) in [5.74, 6) is 1.55. The van der Waals surface area contributed by atoms with Gasteiger partial charge in [0.1, 0.15) is 23.1 Å². The van der Waals surface area contributed by atoms with Crippen molar-refractivity contribution in [3.8, 4) is 17.2 Å². The predicted octanol–water partition coefficient (Wildman–Crippen LogP) is 6.36. The van der Waals surface area contributed by atoms with Gasteiger partial charge in [-0.25, -0.2) is 18.8 Å². The van der Waals surface area contributed by atoms with Crippen LogP contribution in [-0.2, 0) is 4.74 Å². The first-order valence-electron chi connectivity index (χ1n) is 16.7. The Morgan fingerprint density at radius 1 is 0.615 bits per heavy atom. The number of methoxy groups -OCH3 is 3. The molecule has 29 heteroatoms. The normalized spacial score (nSPS) is 10.4. The van der Waals surface area contributed by atoms with E-state index in [9.17, 15) is 18.8 Å². The van der Waals surface area contributed by atoms with Crippen LogP contribution in [-0.4, -0.2) is 83.3 Å². The second-order valence-electron chi connectivity index (χ2n) is 10.7. The summed E-state index contributed by atoms with van der Waals surface area (Å²) < 4.78 is 34.6. The fraction of sp³-hybridized carbons (Fsp3) is 0.250. The van der Waals surface area contributed by atoms with E-state index in [1.165, 1.54) is 44.2 Å². The maximum Gasteiger partial charge on any atom is 1.00 e. The van der Waals surface area contributed by atoms with Crippen molar-refractivity contribution in [3.63, 3.8) is 0 Å². The molecule has 0 saturated carbocycles. The molecule has 0 aliphatic carbocycles. The van der Waals surface area contributed by atoms with Gasteiger partial charge >= 0.3 is 53.7 Å². The Hall–Kier alpha value is -0.465. The quantitative estimate of drug-likeness (QED) is 0.134. The van der Waals surface area contributed by atoms with Gasteiger partial charge in [0.15, 0.2) is 0 Å². The number of aliphatic hydroxyl groups is 1. The summed E-state index contributed by atoms with van der Waals surface area (Å²) in [7, 11) is 4.73. The van der Waals surface area contributed by atoms with E-state index >= 15 is 0 Å². The van der Waals surface area contributed by atoms with Crippen molar-refractivity contribution in [2.45, 2.75) is 12.8 Å². The Balaban J connectivity index is -0.000000705. The summed E-state index contributed by atoms with van der Waals surface area (Å²) >= 11 is 59.1. The van der Waals surface area contributed by atoms with Gasteiger partial charge in [0, 0.05) is 96.7 Å². The standard InChI is InChI=1S/C7H7BCl2O3.C7H5BrCl2O.C7H6BrClO.C6H3BrClF.C4H8O.C3Cl3N3O3.CH4O.CH3O.Na/c1-13-4-2-5(8(11)12)7(10)6(9)3-4;1-11-4-2-5(8)7(10)6(9)3-4;1-10-7-3-5(8)2-6(9)4-7;7-4-1-5(8)3-6(9)2-4;1-2-4-5-3-1;4-7-1(10)8(5)3(12)9(6)2(7)11;2*1-2;/h2-3,11-12H,1H3;2-3H,1H3;2-4H,1H3;1-3H;1-4H2;;2H,1H3;1H3;/q;;;;;;;-1;+1. The summed E-state index contributed by atoms with van der Waals surface area (Å²) in [5, 5.41) is 35.5. The van der Waals surface area contributed by atoms with Crippen molar-refractivity contribution in [3.05, 3.63) is 141 Å². The molecule has 2 heterocycles. The van der Waals surface area contributed by atoms with Gasteiger partial charge in [-0.2, -0.15) is 7.11 Å². The molecule has 1 saturated heterocycles. The molecule has 0 radical (unpaired) electrons. The zero-order valence-corrected chi connectivity index (χ0v) is 48.1. The van der Waals surface area contributed by atoms with E-state index < -0.39 is 24.2 Å². The third-order valence-corrected chi connectivity index (χ3v) is 11.2. The van der Waals surface area contributed by atoms with E-state index in [1.54, 1.807) is 38.5 Å². The number of rotatable bonds is 4. The average molecular weight is 1300 g/mol. The Morgan fingerprint density at radius 2 is 0.985 bits per heavy atom. The van der Waals surface area contributed by atoms with Gasteiger partial charge in [0.2, 0.25) is 0 Å². The van der Waals surface area contributed by atoms with Gasteiger partial charge in [0.25, 0.3) is 0 Å². The number of halogens is 13. The van der Waals surface area contributed by atoms with Gasteiger partial charge < -0.3 is 39.2 Å². The molecule has 0 amide bonds. The monoisotopic (exact) mass is 1290 g/mol. The number of benzene rings is 4. The first-order chi connectivity index (χ1) is 30.1. The fourth-order valence-electron chi connectivity index (χ4n) is 3.69. The SMILES string of the molecule is C1CCOC1.CO.COc1cc(Cl)c(Cl)c(B(O)O)c1.COc1cc(Cl)c(Cl)c(Br)c1.COc1cc(Cl)cc(Br)c1.C[O-].Fc1cc(Cl)cc(Br)c1.O=c1n(Cl)c(=O)n(Cl)c(=O)n1Cl.[Na+]. The van der Waals surface area contributed by atoms with Crippen LogP contribution in [0, 0.1) is 5.82 Å². The molecule has 3 N–H and O–H groups in total. The number of aliphatic hydroxyl groups excluding tert-OH is 1. The van der Waals surface area contributed by atoms with Gasteiger partial charge in [-0.05, 0) is 77.3 Å². The third kappa shape index (κ3) is 26.9. The van der Waals surface area contributed by atoms with Crippen molar-refractivity contribution in [1.29, 1.82) is 0 Å². The van der Waals surface area contributed by atoms with Crippen LogP contribution in [0.15, 0.2) is 88.5 Å². The smallest absolute Gasteiger partial charge is 0.857 e. The Bertz CT molecular complexity index is 2170. The Kier molecular flexibility index (Phi) is 40.5. The Labute approximate surface area is 466 Å². The van der Waals surface area contributed by atoms with Crippen LogP contribution in [0.25, 0.3) is 0 Å². The maximum absolute atomic E-state index is 12.3. The van der Waals surface area contributed by atoms with Gasteiger partial charge in [-0.15, -0.1) is 12.3 Å². The van der Waals surface area contributed by atoms with Crippen LogP contribution in [0.2, 0.25) is 30.1 Å². The molecule has 5 aromatic rings. The molecule has 14 nitrogen and oxygen atoms in total. The summed E-state index contributed by atoms with van der Waals surface area (Å²) in [6.45, 7) is 2.00. The van der Waals surface area contributed by atoms with E-state index in [4.69, 9.17) is 144 Å². The molecular formula is C36H36BBr3Cl9FN3NaO11. The van der Waals surface area contributed by atoms with Crippen molar-refractivity contribution in [2.24, 2.45) is 0 Å². The van der Waals surface area contributed by atoms with Crippen LogP contribution in [0.5, 0.6) is 17.2 Å². The summed E-state index contributed by atoms with van der Waals surface area (Å²) in [4.78, 5) is 32.3. The van der Waals surface area contributed by atoms with E-state index in [-0.39, 0.29) is 63.1 Å². The van der Waals surface area contributed by atoms with Crippen LogP contribution < -0.4 is 71.4 Å². The predicted molar refractivity (Wildman–Crippen MR) is 265 cm³/mol. The number of aromatic nitrogens is 3. The van der Waals surface area contributed by atoms with Gasteiger partial charge in [0.05, 0.1) is 41.4 Å². The molecular weight excluding hydrogens is 1260 g/mol. The first-order valence-corrected chi connectivity index (χ1v) is 22.4. The van der Waals surface area contributed by atoms with E-state index in [2.05, 4.69) is 47.8 Å². The molecule has 65 heavy (non-hydrogen) atoms. The van der Waals surface area contributed by atoms with E-state index in [0.717, 1.165) is 42.1 Å². The summed E-state index contributed by atoms with van der Waals surface area (Å²) in [6.07, 6.45) is 2.56. The van der Waals surface area contributed by atoms with Crippen LogP contribution >= 0.6 is 153 Å². The molecule has 1 aromatic heterocycles. The van der Waals surface area contributed by atoms with Crippen molar-refractivity contribution >= 4 is 165 Å². The molecule has 1 aliphatic heterocycles. The molecule has 4 aromatic carbocycles. The molecule has 1 fully saturated rings. The molecule has 1 aliphatic rings. The van der Waals surface area contributed by atoms with Crippen molar-refractivity contribution in [2.75, 3.05) is 48.8 Å². The van der Waals surface area contributed by atoms with Gasteiger partial charge in [-0.1, -0.05) is 101 Å². The maximum atomic E-state index is 12.3. The molecule has 0 unspecified atom stereocenters. The minimum atomic E-state index is -1.65. The fourth-order valence-corrected chi connectivity index (χ4v) is 7.21. The van der Waals surface area contributed by atoms with E-state index in [1.807, 2.05) is 12.1 Å². The van der Waals surface area contributed by atoms with Crippen molar-refractivity contribution in [1.82, 2.24) is 12.3 Å². The largest absolute Gasteiger partial charge is 1.00 e. The molecule has 356 valence electrons. The molecule has 6 rings (SSSR count). The average Bonchev–Trinajstić information content (AvgIpc) is 3.86. The van der Waals surface area contributed by atoms with Crippen LogP contribution in [0.1, 0.15) is 12.8 Å². The summed E-state index contributed by atoms with van der Waals surface area (Å²) in [6, 6.07) is 16.0. The van der Waals surface area contributed by atoms with E-state index in [0.29, 0.717) is 36.1 Å². The van der Waals surface area contributed by atoms with Gasteiger partial charge in [-0.3, -0.25) is 0 Å². The molecule has 0 spiro atoms. The minimum absolute atomic E-state index is 0. The van der Waals surface area contributed by atoms with Crippen molar-refractivity contribution < 1.29 is 73.2 Å². The second-order valence-corrected chi connectivity index (χ2v) is 16.8.